The smallest absolute Gasteiger partial charge is 0.254 e. The molecule has 1 saturated carbocycles. The van der Waals surface area contributed by atoms with Gasteiger partial charge >= 0.3 is 0 Å². The summed E-state index contributed by atoms with van der Waals surface area (Å²) < 4.78 is 24.7. The third-order valence-electron chi connectivity index (χ3n) is 16.4. The van der Waals surface area contributed by atoms with Gasteiger partial charge in [-0.25, -0.2) is 4.68 Å². The maximum atomic E-state index is 13.3. The Labute approximate surface area is 488 Å². The second kappa shape index (κ2) is 33.5. The van der Waals surface area contributed by atoms with E-state index in [4.69, 9.17) is 29.8 Å². The number of ketones is 1. The molecular formula is C61H88N10O10S. The molecule has 20 nitrogen and oxygen atoms in total. The molecule has 0 bridgehead atoms. The Morgan fingerprint density at radius 1 is 0.683 bits per heavy atom. The Morgan fingerprint density at radius 3 is 1.98 bits per heavy atom. The minimum absolute atomic E-state index is 0.0297. The molecule has 5 heterocycles. The van der Waals surface area contributed by atoms with Gasteiger partial charge in [-0.1, -0.05) is 30.7 Å². The second-order valence-corrected chi connectivity index (χ2v) is 23.5. The fourth-order valence-corrected chi connectivity index (χ4v) is 13.6. The highest BCUT2D eigenvalue weighted by Gasteiger charge is 2.43. The topological polar surface area (TPSA) is 241 Å². The number of likely N-dealkylation sites (tertiary alicyclic amines) is 1. The highest BCUT2D eigenvalue weighted by Crippen LogP contribution is 2.47. The van der Waals surface area contributed by atoms with E-state index < -0.39 is 5.91 Å². The van der Waals surface area contributed by atoms with Crippen LogP contribution in [0.5, 0.6) is 11.5 Å². The number of nitrogens with one attached hydrogen (secondary N) is 4. The lowest BCUT2D eigenvalue weighted by molar-refractivity contribution is -0.128. The van der Waals surface area contributed by atoms with E-state index in [0.717, 1.165) is 108 Å². The summed E-state index contributed by atoms with van der Waals surface area (Å²) in [7, 11) is 0. The monoisotopic (exact) mass is 1150 g/mol. The number of hydrogen-bond acceptors (Lipinski definition) is 15. The number of hydrogen-bond donors (Lipinski definition) is 5. The van der Waals surface area contributed by atoms with Crippen molar-refractivity contribution in [1.29, 1.82) is 0 Å². The summed E-state index contributed by atoms with van der Waals surface area (Å²) >= 11 is 2.02. The molecule has 1 aliphatic carbocycles. The van der Waals surface area contributed by atoms with Crippen LogP contribution >= 0.6 is 11.8 Å². The Bertz CT molecular complexity index is 2540. The average Bonchev–Trinajstić information content (AvgIpc) is 3.83. The van der Waals surface area contributed by atoms with Gasteiger partial charge in [0.15, 0.2) is 0 Å². The maximum Gasteiger partial charge on any atom is 0.254 e. The fraction of sp³-hybridized carbons (Fsp3) is 0.623. The number of anilines is 1. The molecule has 8 rings (SSSR count). The van der Waals surface area contributed by atoms with E-state index in [-0.39, 0.29) is 29.7 Å². The highest BCUT2D eigenvalue weighted by atomic mass is 32.2. The molecule has 3 saturated heterocycles. The van der Waals surface area contributed by atoms with Gasteiger partial charge in [0.1, 0.15) is 34.4 Å². The Morgan fingerprint density at radius 2 is 1.30 bits per heavy atom. The second-order valence-electron chi connectivity index (χ2n) is 22.2. The minimum Gasteiger partial charge on any atom is -0.457 e. The van der Waals surface area contributed by atoms with Gasteiger partial charge in [-0.2, -0.15) is 16.9 Å². The standard InChI is InChI=1S/C61H88N10O10S/c62-60(77)58-59(46-17-19-50(20-18-46)81-49-10-2-1-3-11-49)67-71-52(21-26-66-61(58)71)45-22-29-70(30-23-45)57(76)16-7-28-68-32-34-69(35-33-68)31-27-65-56(75)15-6-14-55(74)64-25-9-37-79-39-41-80-40-38-78-36-8-24-63-54(73)13-5-4-12-53-51-43-48(72)42-47(51)44-82-53/h1-3,7,10-11,16-20,45,47,51-53,66H,4-6,8-9,12-15,21-44H2,(H2,62,77)(H,63,73)(H,64,74)(H,65,75)/b16-7+/t47-,51-,52+,53-/m1/s1. The molecule has 2 aromatic carbocycles. The number of nitrogens with two attached hydrogens (primary N) is 1. The lowest BCUT2D eigenvalue weighted by atomic mass is 9.87. The van der Waals surface area contributed by atoms with E-state index in [9.17, 15) is 28.8 Å². The van der Waals surface area contributed by atoms with Gasteiger partial charge in [-0.3, -0.25) is 38.6 Å². The van der Waals surface area contributed by atoms with Crippen molar-refractivity contribution in [2.75, 3.05) is 129 Å². The number of fused-ring (bicyclic) bond motifs is 2. The molecule has 4 atom stereocenters. The van der Waals surface area contributed by atoms with E-state index in [2.05, 4.69) is 31.1 Å². The zero-order valence-corrected chi connectivity index (χ0v) is 48.7. The maximum absolute atomic E-state index is 13.3. The number of carbonyl (C=O) groups is 6. The number of carbonyl (C=O) groups excluding carboxylic acids is 6. The van der Waals surface area contributed by atoms with Gasteiger partial charge < -0.3 is 50.8 Å². The van der Waals surface area contributed by atoms with Crippen LogP contribution in [0.3, 0.4) is 0 Å². The number of aromatic nitrogens is 2. The molecule has 3 aromatic rings. The van der Waals surface area contributed by atoms with E-state index in [1.165, 1.54) is 0 Å². The van der Waals surface area contributed by atoms with Gasteiger partial charge in [0, 0.05) is 141 Å². The molecule has 5 amide bonds. The van der Waals surface area contributed by atoms with Crippen LogP contribution in [0.25, 0.3) is 11.3 Å². The summed E-state index contributed by atoms with van der Waals surface area (Å²) in [5.41, 5.74) is 7.68. The molecule has 5 aliphatic rings. The number of amides is 5. The van der Waals surface area contributed by atoms with Crippen molar-refractivity contribution in [3.05, 3.63) is 72.3 Å². The number of nitrogens with zero attached hydrogens (tertiary/aromatic N) is 5. The summed E-state index contributed by atoms with van der Waals surface area (Å²) in [6, 6.07) is 17.2. The Balaban J connectivity index is 0.576. The zero-order chi connectivity index (χ0) is 57.3. The van der Waals surface area contributed by atoms with Gasteiger partial charge in [-0.15, -0.1) is 0 Å². The summed E-state index contributed by atoms with van der Waals surface area (Å²) in [6.07, 6.45) is 13.9. The number of benzene rings is 2. The first-order valence-corrected chi connectivity index (χ1v) is 31.2. The molecule has 21 heteroatoms. The summed E-state index contributed by atoms with van der Waals surface area (Å²) in [6.45, 7) is 11.6. The molecule has 448 valence electrons. The molecule has 0 unspecified atom stereocenters. The normalized spacial score (nSPS) is 20.3. The van der Waals surface area contributed by atoms with Crippen molar-refractivity contribution in [1.82, 2.24) is 40.4 Å². The lowest BCUT2D eigenvalue weighted by Gasteiger charge is -2.38. The van der Waals surface area contributed by atoms with Crippen LogP contribution in [0.4, 0.5) is 5.82 Å². The fourth-order valence-electron chi connectivity index (χ4n) is 11.8. The van der Waals surface area contributed by atoms with Crippen molar-refractivity contribution in [2.24, 2.45) is 23.5 Å². The highest BCUT2D eigenvalue weighted by molar-refractivity contribution is 8.00. The van der Waals surface area contributed by atoms with Crippen LogP contribution in [-0.4, -0.2) is 189 Å². The molecule has 82 heavy (non-hydrogen) atoms. The Kier molecular flexibility index (Phi) is 25.4. The third-order valence-corrected chi connectivity index (χ3v) is 18.0. The molecule has 6 N–H and O–H groups in total. The number of Topliss-reactive ketones (excluding diaryl/α,β-unsaturated/α-hetero) is 1. The zero-order valence-electron chi connectivity index (χ0n) is 47.9. The minimum atomic E-state index is -0.530. The quantitative estimate of drug-likeness (QED) is 0.0349. The summed E-state index contributed by atoms with van der Waals surface area (Å²) in [5.74, 6) is 4.56. The van der Waals surface area contributed by atoms with Crippen molar-refractivity contribution in [3.63, 3.8) is 0 Å². The van der Waals surface area contributed by atoms with Crippen LogP contribution in [-0.2, 0) is 38.2 Å². The number of para-hydroxylation sites is 1. The van der Waals surface area contributed by atoms with Crippen LogP contribution < -0.4 is 31.7 Å². The predicted molar refractivity (Wildman–Crippen MR) is 317 cm³/mol. The average molecular weight is 1150 g/mol. The van der Waals surface area contributed by atoms with Gasteiger partial charge in [0.25, 0.3) is 5.91 Å². The van der Waals surface area contributed by atoms with Crippen molar-refractivity contribution in [3.8, 4) is 22.8 Å². The van der Waals surface area contributed by atoms with Crippen LogP contribution in [0.2, 0.25) is 0 Å². The molecule has 4 fully saturated rings. The third kappa shape index (κ3) is 19.6. The van der Waals surface area contributed by atoms with Crippen molar-refractivity contribution >= 4 is 52.9 Å². The SMILES string of the molecule is NC(=O)c1c(-c2ccc(Oc3ccccc3)cc2)nn2c1NCC[C@H]2C1CCN(C(=O)/C=C/CN2CCN(CCNC(=O)CCCC(=O)NCCCOCCOCCOCCCNC(=O)CCCC[C@H]3SC[C@H]4CC(=O)C[C@H]43)CC2)CC1. The summed E-state index contributed by atoms with van der Waals surface area (Å²) in [4.78, 5) is 81.5. The van der Waals surface area contributed by atoms with Gasteiger partial charge in [-0.05, 0) is 111 Å². The van der Waals surface area contributed by atoms with Crippen LogP contribution in [0.1, 0.15) is 106 Å². The van der Waals surface area contributed by atoms with Crippen molar-refractivity contribution in [2.45, 2.75) is 101 Å². The van der Waals surface area contributed by atoms with Crippen LogP contribution in [0.15, 0.2) is 66.7 Å². The Hall–Kier alpha value is -5.84. The molecule has 0 spiro atoms. The number of unbranched alkanes of at least 4 members (excludes halogenated alkanes) is 1. The number of piperidine rings is 1. The first-order chi connectivity index (χ1) is 40.1. The number of thioether (sulfide) groups is 1. The first-order valence-electron chi connectivity index (χ1n) is 30.1. The number of piperazine rings is 1. The summed E-state index contributed by atoms with van der Waals surface area (Å²) in [5, 5.41) is 17.9. The van der Waals surface area contributed by atoms with E-state index in [1.807, 2.05) is 82.0 Å². The van der Waals surface area contributed by atoms with Gasteiger partial charge in [0.05, 0.1) is 32.5 Å². The van der Waals surface area contributed by atoms with E-state index >= 15 is 0 Å². The van der Waals surface area contributed by atoms with E-state index in [0.29, 0.717) is 169 Å². The largest absolute Gasteiger partial charge is 0.457 e. The molecule has 1 aromatic heterocycles. The number of ether oxygens (including phenoxy) is 4. The first kappa shape index (κ1) is 62.2. The molecule has 0 radical (unpaired) electrons. The van der Waals surface area contributed by atoms with Crippen LogP contribution in [0, 0.1) is 17.8 Å². The lowest BCUT2D eigenvalue weighted by Crippen LogP contribution is -2.48. The number of rotatable bonds is 34. The number of primary amides is 1. The van der Waals surface area contributed by atoms with E-state index in [1.54, 1.807) is 6.08 Å². The molecule has 4 aliphatic heterocycles. The van der Waals surface area contributed by atoms with Gasteiger partial charge in [0.2, 0.25) is 23.6 Å². The van der Waals surface area contributed by atoms with Crippen molar-refractivity contribution < 1.29 is 47.7 Å². The predicted octanol–water partition coefficient (Wildman–Crippen LogP) is 5.83. The molecular weight excluding hydrogens is 1060 g/mol.